The van der Waals surface area contributed by atoms with Gasteiger partial charge in [-0.15, -0.1) is 0 Å². The van der Waals surface area contributed by atoms with E-state index in [0.717, 1.165) is 18.4 Å². The molecule has 0 radical (unpaired) electrons. The molecule has 6 N–H and O–H groups in total. The lowest BCUT2D eigenvalue weighted by Crippen LogP contribution is -2.51. The molecule has 3 saturated heterocycles. The van der Waals surface area contributed by atoms with E-state index in [9.17, 15) is 19.5 Å². The Morgan fingerprint density at radius 3 is 2.51 bits per heavy atom. The fraction of sp³-hybridized carbons (Fsp3) is 0.793. The van der Waals surface area contributed by atoms with Crippen molar-refractivity contribution in [1.82, 2.24) is 5.32 Å². The number of allylic oxidation sites excluding steroid dienone is 1. The summed E-state index contributed by atoms with van der Waals surface area (Å²) in [5, 5.41) is 13.9. The lowest BCUT2D eigenvalue weighted by atomic mass is 9.85. The number of hydrogen-bond acceptors (Lipinski definition) is 8. The molecule has 0 bridgehead atoms. The van der Waals surface area contributed by atoms with Crippen LogP contribution in [0.2, 0.25) is 0 Å². The highest BCUT2D eigenvalue weighted by Gasteiger charge is 2.58. The number of amides is 2. The van der Waals surface area contributed by atoms with Crippen molar-refractivity contribution in [3.05, 3.63) is 11.6 Å². The number of ether oxygens (including phenoxy) is 4. The molecule has 0 aliphatic carbocycles. The molecule has 3 fully saturated rings. The molecule has 1 spiro atoms. The van der Waals surface area contributed by atoms with E-state index in [1.807, 2.05) is 6.92 Å². The summed E-state index contributed by atoms with van der Waals surface area (Å²) < 4.78 is 23.1. The maximum Gasteiger partial charge on any atom is 0.302 e. The first-order valence-corrected chi connectivity index (χ1v) is 14.7. The Hall–Kier alpha value is -2.54. The number of rotatable bonds is 12. The van der Waals surface area contributed by atoms with Crippen LogP contribution in [-0.4, -0.2) is 83.7 Å². The molecule has 12 nitrogen and oxygen atoms in total. The molecule has 0 aromatic carbocycles. The molecule has 1 unspecified atom stereocenters. The van der Waals surface area contributed by atoms with E-state index in [1.54, 1.807) is 6.92 Å². The van der Waals surface area contributed by atoms with Crippen LogP contribution in [-0.2, 0) is 33.3 Å². The van der Waals surface area contributed by atoms with Crippen LogP contribution in [0.4, 0.5) is 0 Å². The molecule has 232 valence electrons. The molecule has 0 aromatic rings. The van der Waals surface area contributed by atoms with E-state index >= 15 is 0 Å². The average Bonchev–Trinajstić information content (AvgIpc) is 3.64. The van der Waals surface area contributed by atoms with Gasteiger partial charge in [-0.3, -0.25) is 14.4 Å². The first-order chi connectivity index (χ1) is 19.3. The van der Waals surface area contributed by atoms with Gasteiger partial charge in [-0.05, 0) is 58.8 Å². The van der Waals surface area contributed by atoms with Crippen molar-refractivity contribution in [3.8, 4) is 0 Å². The highest BCUT2D eigenvalue weighted by molar-refractivity contribution is 5.91. The molecule has 0 aromatic heterocycles. The second kappa shape index (κ2) is 14.6. The number of nitrogens with zero attached hydrogens (tertiary/aromatic N) is 1. The summed E-state index contributed by atoms with van der Waals surface area (Å²) in [5.41, 5.74) is 11.1. The van der Waals surface area contributed by atoms with Crippen LogP contribution >= 0.6 is 0 Å². The van der Waals surface area contributed by atoms with Crippen LogP contribution in [0.25, 0.3) is 0 Å². The summed E-state index contributed by atoms with van der Waals surface area (Å²) >= 11 is 0. The molecule has 41 heavy (non-hydrogen) atoms. The number of carbonyl (C=O) groups excluding carboxylic acids is 3. The van der Waals surface area contributed by atoms with Gasteiger partial charge in [0.2, 0.25) is 5.91 Å². The van der Waals surface area contributed by atoms with Crippen LogP contribution in [0.3, 0.4) is 0 Å². The minimum absolute atomic E-state index is 0.0303. The van der Waals surface area contributed by atoms with Gasteiger partial charge in [-0.1, -0.05) is 18.6 Å². The summed E-state index contributed by atoms with van der Waals surface area (Å²) in [5.74, 6) is -0.906. The van der Waals surface area contributed by atoms with Gasteiger partial charge in [0.15, 0.2) is 5.96 Å². The van der Waals surface area contributed by atoms with Crippen molar-refractivity contribution in [1.29, 1.82) is 0 Å². The number of aliphatic hydroxyl groups is 1. The highest BCUT2D eigenvalue weighted by atomic mass is 16.6. The smallest absolute Gasteiger partial charge is 0.302 e. The Balaban J connectivity index is 1.44. The normalized spacial score (nSPS) is 34.0. The number of aliphatic hydroxyl groups excluding tert-OH is 1. The number of esters is 1. The van der Waals surface area contributed by atoms with Gasteiger partial charge in [0.25, 0.3) is 5.91 Å². The molecule has 2 amide bonds. The van der Waals surface area contributed by atoms with Crippen molar-refractivity contribution in [2.75, 3.05) is 6.61 Å². The van der Waals surface area contributed by atoms with Crippen molar-refractivity contribution in [3.63, 3.8) is 0 Å². The van der Waals surface area contributed by atoms with Crippen molar-refractivity contribution < 1.29 is 38.4 Å². The maximum atomic E-state index is 12.5. The third-order valence-electron chi connectivity index (χ3n) is 8.23. The van der Waals surface area contributed by atoms with Crippen LogP contribution in [0, 0.1) is 5.92 Å². The summed E-state index contributed by atoms with van der Waals surface area (Å²) in [6.07, 6.45) is 4.22. The molecular weight excluding hydrogens is 532 g/mol. The van der Waals surface area contributed by atoms with E-state index in [1.165, 1.54) is 6.92 Å². The van der Waals surface area contributed by atoms with Gasteiger partial charge < -0.3 is 40.8 Å². The SMILES string of the molecule is CC(=O)O[C@@H](C)CCC(=O)N[C@@H]1C[C@H](C)[C@H](C/C=C(\C)CC[C@H]2O[C@H](CC(=O)N=C(N)N)C[C@@]3(CO3)C2O)O[C@@H]1C. The van der Waals surface area contributed by atoms with Crippen LogP contribution in [0.1, 0.15) is 86.0 Å². The summed E-state index contributed by atoms with van der Waals surface area (Å²) in [6, 6.07) is -0.0726. The van der Waals surface area contributed by atoms with Gasteiger partial charge in [0, 0.05) is 19.8 Å². The van der Waals surface area contributed by atoms with Crippen molar-refractivity contribution in [2.45, 2.75) is 134 Å². The third kappa shape index (κ3) is 10.1. The predicted molar refractivity (Wildman–Crippen MR) is 152 cm³/mol. The third-order valence-corrected chi connectivity index (χ3v) is 8.23. The van der Waals surface area contributed by atoms with Gasteiger partial charge >= 0.3 is 5.97 Å². The van der Waals surface area contributed by atoms with E-state index in [-0.39, 0.29) is 60.9 Å². The number of hydrogen-bond donors (Lipinski definition) is 4. The maximum absolute atomic E-state index is 12.5. The van der Waals surface area contributed by atoms with Crippen molar-refractivity contribution in [2.24, 2.45) is 22.4 Å². The Bertz CT molecular complexity index is 993. The fourth-order valence-corrected chi connectivity index (χ4v) is 5.78. The van der Waals surface area contributed by atoms with E-state index < -0.39 is 29.8 Å². The second-order valence-corrected chi connectivity index (χ2v) is 12.0. The Morgan fingerprint density at radius 1 is 1.17 bits per heavy atom. The monoisotopic (exact) mass is 580 g/mol. The minimum atomic E-state index is -0.760. The van der Waals surface area contributed by atoms with Crippen LogP contribution in [0.15, 0.2) is 16.6 Å². The number of guanidine groups is 1. The predicted octanol–water partition coefficient (Wildman–Crippen LogP) is 1.61. The molecule has 3 aliphatic heterocycles. The first kappa shape index (κ1) is 33.0. The zero-order valence-corrected chi connectivity index (χ0v) is 25.0. The molecular formula is C29H48N4O8. The molecule has 12 heteroatoms. The number of nitrogens with two attached hydrogens (primary N) is 2. The first-order valence-electron chi connectivity index (χ1n) is 14.7. The number of nitrogens with one attached hydrogen (secondary N) is 1. The Kier molecular flexibility index (Phi) is 11.7. The molecule has 3 aliphatic rings. The second-order valence-electron chi connectivity index (χ2n) is 12.0. The molecule has 9 atom stereocenters. The van der Waals surface area contributed by atoms with Gasteiger partial charge in [0.1, 0.15) is 11.7 Å². The fourth-order valence-electron chi connectivity index (χ4n) is 5.78. The largest absolute Gasteiger partial charge is 0.463 e. The number of carbonyl (C=O) groups is 3. The quantitative estimate of drug-likeness (QED) is 0.0868. The Morgan fingerprint density at radius 2 is 1.88 bits per heavy atom. The average molecular weight is 581 g/mol. The lowest BCUT2D eigenvalue weighted by Gasteiger charge is -2.39. The van der Waals surface area contributed by atoms with Crippen molar-refractivity contribution >= 4 is 23.7 Å². The zero-order valence-electron chi connectivity index (χ0n) is 25.0. The molecule has 3 rings (SSSR count). The van der Waals surface area contributed by atoms with Gasteiger partial charge in [0.05, 0.1) is 49.6 Å². The van der Waals surface area contributed by atoms with Gasteiger partial charge in [-0.25, -0.2) is 0 Å². The highest BCUT2D eigenvalue weighted by Crippen LogP contribution is 2.44. The summed E-state index contributed by atoms with van der Waals surface area (Å²) in [4.78, 5) is 39.1. The minimum Gasteiger partial charge on any atom is -0.463 e. The Labute approximate surface area is 242 Å². The van der Waals surface area contributed by atoms with Gasteiger partial charge in [-0.2, -0.15) is 4.99 Å². The van der Waals surface area contributed by atoms with E-state index in [4.69, 9.17) is 30.4 Å². The van der Waals surface area contributed by atoms with E-state index in [2.05, 4.69) is 30.2 Å². The lowest BCUT2D eigenvalue weighted by molar-refractivity contribution is -0.159. The topological polar surface area (TPSA) is 188 Å². The summed E-state index contributed by atoms with van der Waals surface area (Å²) in [7, 11) is 0. The number of aliphatic imine (C=N–C) groups is 1. The molecule has 3 heterocycles. The van der Waals surface area contributed by atoms with Crippen LogP contribution < -0.4 is 16.8 Å². The number of epoxide rings is 1. The summed E-state index contributed by atoms with van der Waals surface area (Å²) in [6.45, 7) is 9.75. The standard InChI is InChI=1S/C29H48N4O8/c1-16(7-10-24-27(37)29(15-38-29)14-21(41-24)13-26(36)33-28(30)31)6-9-23-17(2)12-22(19(4)40-23)32-25(35)11-8-18(3)39-20(5)34/h6,17-19,21-24,27,37H,7-15H2,1-5H3,(H,32,35)(H4,30,31,33,36)/b16-6+/t17-,18-,19+,21+,22+,23-,24+,27?,29+/m0/s1. The zero-order chi connectivity index (χ0) is 30.3. The van der Waals surface area contributed by atoms with E-state index in [0.29, 0.717) is 32.3 Å². The van der Waals surface area contributed by atoms with Crippen LogP contribution in [0.5, 0.6) is 0 Å². The molecule has 0 saturated carbocycles.